The highest BCUT2D eigenvalue weighted by atomic mass is 15.5. The van der Waals surface area contributed by atoms with E-state index in [1.807, 2.05) is 21.6 Å². The van der Waals surface area contributed by atoms with Crippen LogP contribution in [0.15, 0.2) is 55.4 Å². The molecular weight excluding hydrogens is 318 g/mol. The molecule has 25 heavy (non-hydrogen) atoms. The van der Waals surface area contributed by atoms with E-state index in [4.69, 9.17) is 0 Å². The van der Waals surface area contributed by atoms with Crippen LogP contribution in [0.4, 0.5) is 0 Å². The van der Waals surface area contributed by atoms with Crippen LogP contribution in [0.3, 0.4) is 0 Å². The second-order valence-electron chi connectivity index (χ2n) is 5.68. The molecule has 0 aliphatic carbocycles. The van der Waals surface area contributed by atoms with Crippen LogP contribution < -0.4 is 0 Å². The van der Waals surface area contributed by atoms with Crippen molar-refractivity contribution in [2.75, 3.05) is 0 Å². The van der Waals surface area contributed by atoms with Gasteiger partial charge in [0.05, 0.1) is 13.1 Å². The van der Waals surface area contributed by atoms with E-state index in [0.29, 0.717) is 13.1 Å². The van der Waals surface area contributed by atoms with Gasteiger partial charge in [0.25, 0.3) is 0 Å². The summed E-state index contributed by atoms with van der Waals surface area (Å²) in [6.45, 7) is 2.11. The first-order valence-corrected chi connectivity index (χ1v) is 7.99. The number of aromatic nitrogens is 9. The number of tetrazole rings is 1. The van der Waals surface area contributed by atoms with Gasteiger partial charge in [-0.2, -0.15) is 10.2 Å². The summed E-state index contributed by atoms with van der Waals surface area (Å²) in [5.41, 5.74) is 2.32. The lowest BCUT2D eigenvalue weighted by Gasteiger charge is -2.07. The maximum absolute atomic E-state index is 4.20. The molecule has 9 heteroatoms. The van der Waals surface area contributed by atoms with E-state index in [1.54, 1.807) is 17.2 Å². The van der Waals surface area contributed by atoms with Crippen molar-refractivity contribution in [2.24, 2.45) is 0 Å². The smallest absolute Gasteiger partial charge is 0.153 e. The lowest BCUT2D eigenvalue weighted by Crippen LogP contribution is -2.11. The SMILES string of the molecule is c1cnn(CCc2nnnn2Cc2ccc(Cn3cncn3)cc2)c1. The van der Waals surface area contributed by atoms with Crippen molar-refractivity contribution < 1.29 is 0 Å². The van der Waals surface area contributed by atoms with E-state index in [1.165, 1.54) is 11.9 Å². The zero-order valence-corrected chi connectivity index (χ0v) is 13.5. The Morgan fingerprint density at radius 1 is 0.920 bits per heavy atom. The molecule has 3 heterocycles. The fourth-order valence-corrected chi connectivity index (χ4v) is 2.60. The maximum atomic E-state index is 4.20. The van der Waals surface area contributed by atoms with Gasteiger partial charge in [0.15, 0.2) is 5.82 Å². The van der Waals surface area contributed by atoms with Gasteiger partial charge in [-0.3, -0.25) is 4.68 Å². The Balaban J connectivity index is 1.39. The summed E-state index contributed by atoms with van der Waals surface area (Å²) in [7, 11) is 0. The molecule has 126 valence electrons. The summed E-state index contributed by atoms with van der Waals surface area (Å²) in [4.78, 5) is 3.95. The number of aryl methyl sites for hydroxylation is 2. The van der Waals surface area contributed by atoms with E-state index in [2.05, 4.69) is 55.0 Å². The van der Waals surface area contributed by atoms with Crippen LogP contribution in [-0.2, 0) is 26.1 Å². The van der Waals surface area contributed by atoms with Crippen molar-refractivity contribution in [3.05, 3.63) is 72.3 Å². The summed E-state index contributed by atoms with van der Waals surface area (Å²) < 4.78 is 5.50. The van der Waals surface area contributed by atoms with E-state index in [9.17, 15) is 0 Å². The lowest BCUT2D eigenvalue weighted by molar-refractivity contribution is 0.560. The van der Waals surface area contributed by atoms with Gasteiger partial charge in [-0.15, -0.1) is 5.10 Å². The third kappa shape index (κ3) is 3.77. The van der Waals surface area contributed by atoms with Crippen LogP contribution >= 0.6 is 0 Å². The molecule has 0 bridgehead atoms. The molecule has 9 nitrogen and oxygen atoms in total. The fourth-order valence-electron chi connectivity index (χ4n) is 2.60. The summed E-state index contributed by atoms with van der Waals surface area (Å²) in [6, 6.07) is 10.3. The molecule has 3 aromatic heterocycles. The molecule has 0 aliphatic rings. The fraction of sp³-hybridized carbons (Fsp3) is 0.250. The van der Waals surface area contributed by atoms with Crippen molar-refractivity contribution >= 4 is 0 Å². The van der Waals surface area contributed by atoms with Crippen molar-refractivity contribution in [1.29, 1.82) is 0 Å². The van der Waals surface area contributed by atoms with Crippen molar-refractivity contribution in [3.8, 4) is 0 Å². The molecule has 0 saturated heterocycles. The third-order valence-corrected chi connectivity index (χ3v) is 3.90. The molecule has 4 rings (SSSR count). The normalized spacial score (nSPS) is 11.0. The molecule has 0 N–H and O–H groups in total. The standard InChI is InChI=1S/C16H17N9/c1-7-18-23(8-1)9-6-16-20-21-22-25(16)11-15-4-2-14(3-5-15)10-24-13-17-12-19-24/h1-5,7-8,12-13H,6,9-11H2. The third-order valence-electron chi connectivity index (χ3n) is 3.90. The summed E-state index contributed by atoms with van der Waals surface area (Å²) in [5.74, 6) is 0.849. The second kappa shape index (κ2) is 7.04. The molecule has 0 amide bonds. The van der Waals surface area contributed by atoms with Crippen molar-refractivity contribution in [1.82, 2.24) is 44.8 Å². The molecule has 0 aliphatic heterocycles. The first-order chi connectivity index (χ1) is 12.4. The summed E-state index contributed by atoms with van der Waals surface area (Å²) in [6.07, 6.45) is 7.68. The average molecular weight is 335 g/mol. The number of rotatable bonds is 7. The highest BCUT2D eigenvalue weighted by Crippen LogP contribution is 2.08. The number of hydrogen-bond acceptors (Lipinski definition) is 6. The van der Waals surface area contributed by atoms with Crippen LogP contribution in [0.5, 0.6) is 0 Å². The Morgan fingerprint density at radius 3 is 2.48 bits per heavy atom. The van der Waals surface area contributed by atoms with E-state index in [-0.39, 0.29) is 0 Å². The first-order valence-electron chi connectivity index (χ1n) is 7.99. The average Bonchev–Trinajstić information content (AvgIpc) is 3.38. The zero-order chi connectivity index (χ0) is 16.9. The van der Waals surface area contributed by atoms with Crippen LogP contribution in [0.1, 0.15) is 17.0 Å². The minimum absolute atomic E-state index is 0.644. The van der Waals surface area contributed by atoms with Crippen LogP contribution in [0.25, 0.3) is 0 Å². The van der Waals surface area contributed by atoms with Gasteiger partial charge in [-0.05, 0) is 27.6 Å². The van der Waals surface area contributed by atoms with Gasteiger partial charge < -0.3 is 0 Å². The highest BCUT2D eigenvalue weighted by Gasteiger charge is 2.07. The molecule has 1 aromatic carbocycles. The van der Waals surface area contributed by atoms with Gasteiger partial charge >= 0.3 is 0 Å². The van der Waals surface area contributed by atoms with Gasteiger partial charge in [0, 0.05) is 25.4 Å². The van der Waals surface area contributed by atoms with Crippen LogP contribution in [0.2, 0.25) is 0 Å². The van der Waals surface area contributed by atoms with Crippen LogP contribution in [-0.4, -0.2) is 44.8 Å². The Bertz CT molecular complexity index is 892. The Hall–Kier alpha value is -3.36. The molecule has 0 unspecified atom stereocenters. The molecular formula is C16H17N9. The lowest BCUT2D eigenvalue weighted by atomic mass is 10.1. The van der Waals surface area contributed by atoms with Gasteiger partial charge in [-0.25, -0.2) is 14.3 Å². The molecule has 0 radical (unpaired) electrons. The highest BCUT2D eigenvalue weighted by molar-refractivity contribution is 5.22. The van der Waals surface area contributed by atoms with Gasteiger partial charge in [-0.1, -0.05) is 24.3 Å². The minimum atomic E-state index is 0.644. The van der Waals surface area contributed by atoms with E-state index >= 15 is 0 Å². The zero-order valence-electron chi connectivity index (χ0n) is 13.5. The monoisotopic (exact) mass is 335 g/mol. The molecule has 0 atom stereocenters. The Kier molecular flexibility index (Phi) is 4.27. The minimum Gasteiger partial charge on any atom is -0.272 e. The predicted molar refractivity (Wildman–Crippen MR) is 88.4 cm³/mol. The molecule has 0 saturated carbocycles. The maximum Gasteiger partial charge on any atom is 0.153 e. The number of nitrogens with zero attached hydrogens (tertiary/aromatic N) is 9. The molecule has 0 fully saturated rings. The number of benzene rings is 1. The van der Waals surface area contributed by atoms with E-state index < -0.39 is 0 Å². The predicted octanol–water partition coefficient (Wildman–Crippen LogP) is 0.800. The van der Waals surface area contributed by atoms with E-state index in [0.717, 1.165) is 24.4 Å². The summed E-state index contributed by atoms with van der Waals surface area (Å²) in [5, 5.41) is 20.3. The number of hydrogen-bond donors (Lipinski definition) is 0. The summed E-state index contributed by atoms with van der Waals surface area (Å²) >= 11 is 0. The Labute approximate surface area is 143 Å². The second-order valence-corrected chi connectivity index (χ2v) is 5.68. The first kappa shape index (κ1) is 15.2. The Morgan fingerprint density at radius 2 is 1.76 bits per heavy atom. The molecule has 0 spiro atoms. The van der Waals surface area contributed by atoms with Crippen molar-refractivity contribution in [3.63, 3.8) is 0 Å². The van der Waals surface area contributed by atoms with Gasteiger partial charge in [0.2, 0.25) is 0 Å². The van der Waals surface area contributed by atoms with Crippen LogP contribution in [0, 0.1) is 0 Å². The van der Waals surface area contributed by atoms with Gasteiger partial charge in [0.1, 0.15) is 12.7 Å². The quantitative estimate of drug-likeness (QED) is 0.496. The van der Waals surface area contributed by atoms with Crippen molar-refractivity contribution in [2.45, 2.75) is 26.1 Å². The topological polar surface area (TPSA) is 92.1 Å². The molecule has 4 aromatic rings. The largest absolute Gasteiger partial charge is 0.272 e.